The van der Waals surface area contributed by atoms with E-state index < -0.39 is 10.8 Å². The summed E-state index contributed by atoms with van der Waals surface area (Å²) in [7, 11) is 0. The molecule has 2 heterocycles. The Kier molecular flexibility index (Phi) is 4.56. The van der Waals surface area contributed by atoms with Crippen LogP contribution in [-0.2, 0) is 21.5 Å². The highest BCUT2D eigenvalue weighted by Gasteiger charge is 2.37. The van der Waals surface area contributed by atoms with Gasteiger partial charge in [0, 0.05) is 11.2 Å². The summed E-state index contributed by atoms with van der Waals surface area (Å²) in [5, 5.41) is 12.8. The summed E-state index contributed by atoms with van der Waals surface area (Å²) >= 11 is 1.50. The van der Waals surface area contributed by atoms with Crippen molar-refractivity contribution in [1.82, 2.24) is 20.8 Å². The van der Waals surface area contributed by atoms with Crippen molar-refractivity contribution in [1.29, 1.82) is 0 Å². The lowest BCUT2D eigenvalue weighted by Crippen LogP contribution is -2.57. The molecule has 2 rings (SSSR count). The van der Waals surface area contributed by atoms with E-state index in [1.807, 2.05) is 19.9 Å². The molecule has 1 aromatic heterocycles. The highest BCUT2D eigenvalue weighted by atomic mass is 32.2. The summed E-state index contributed by atoms with van der Waals surface area (Å²) in [6.07, 6.45) is 0. The van der Waals surface area contributed by atoms with Crippen molar-refractivity contribution in [3.05, 3.63) is 17.5 Å². The molecule has 0 radical (unpaired) electrons. The number of aromatic nitrogens is 2. The zero-order chi connectivity index (χ0) is 16.5. The molecule has 1 unspecified atom stereocenters. The number of aromatic amines is 1. The van der Waals surface area contributed by atoms with Crippen molar-refractivity contribution in [2.75, 3.05) is 5.75 Å². The Morgan fingerprint density at radius 2 is 2.18 bits per heavy atom. The SMILES string of the molecule is CC1(C)SCC(C(=O)NCc2cc(C(C)(C)C)n[nH]2)NC1=O. The fourth-order valence-electron chi connectivity index (χ4n) is 2.01. The van der Waals surface area contributed by atoms with E-state index in [4.69, 9.17) is 0 Å². The van der Waals surface area contributed by atoms with Crippen molar-refractivity contribution in [3.63, 3.8) is 0 Å². The zero-order valence-electron chi connectivity index (χ0n) is 13.7. The fourth-order valence-corrected chi connectivity index (χ4v) is 3.02. The van der Waals surface area contributed by atoms with E-state index in [1.165, 1.54) is 11.8 Å². The number of rotatable bonds is 3. The summed E-state index contributed by atoms with van der Waals surface area (Å²) in [5.41, 5.74) is 1.78. The fraction of sp³-hybridized carbons (Fsp3) is 0.667. The van der Waals surface area contributed by atoms with Crippen LogP contribution >= 0.6 is 11.8 Å². The van der Waals surface area contributed by atoms with Crippen LogP contribution in [0.1, 0.15) is 46.0 Å². The topological polar surface area (TPSA) is 86.9 Å². The van der Waals surface area contributed by atoms with Gasteiger partial charge < -0.3 is 10.6 Å². The van der Waals surface area contributed by atoms with Crippen LogP contribution in [0, 0.1) is 0 Å². The van der Waals surface area contributed by atoms with Crippen molar-refractivity contribution in [2.45, 2.75) is 57.4 Å². The van der Waals surface area contributed by atoms with Crippen LogP contribution in [0.15, 0.2) is 6.07 Å². The van der Waals surface area contributed by atoms with Gasteiger partial charge in [-0.15, -0.1) is 11.8 Å². The van der Waals surface area contributed by atoms with Crippen LogP contribution in [0.5, 0.6) is 0 Å². The van der Waals surface area contributed by atoms with Crippen molar-refractivity contribution < 1.29 is 9.59 Å². The number of amides is 2. The molecule has 1 aliphatic heterocycles. The number of nitrogens with one attached hydrogen (secondary N) is 3. The van der Waals surface area contributed by atoms with Crippen LogP contribution in [0.25, 0.3) is 0 Å². The number of hydrogen-bond acceptors (Lipinski definition) is 4. The Bertz CT molecular complexity index is 574. The predicted molar refractivity (Wildman–Crippen MR) is 87.6 cm³/mol. The Balaban J connectivity index is 1.88. The maximum atomic E-state index is 12.2. The maximum absolute atomic E-state index is 12.2. The maximum Gasteiger partial charge on any atom is 0.243 e. The highest BCUT2D eigenvalue weighted by molar-refractivity contribution is 8.01. The van der Waals surface area contributed by atoms with Gasteiger partial charge in [0.05, 0.1) is 22.7 Å². The van der Waals surface area contributed by atoms with E-state index in [0.29, 0.717) is 12.3 Å². The number of hydrogen-bond donors (Lipinski definition) is 3. The molecule has 0 bridgehead atoms. The van der Waals surface area contributed by atoms with Gasteiger partial charge in [0.2, 0.25) is 11.8 Å². The third kappa shape index (κ3) is 3.82. The van der Waals surface area contributed by atoms with E-state index in [0.717, 1.165) is 11.4 Å². The summed E-state index contributed by atoms with van der Waals surface area (Å²) in [6.45, 7) is 10.4. The first-order valence-electron chi connectivity index (χ1n) is 7.37. The minimum atomic E-state index is -0.476. The lowest BCUT2D eigenvalue weighted by Gasteiger charge is -2.32. The molecule has 0 aromatic carbocycles. The van der Waals surface area contributed by atoms with Gasteiger partial charge in [-0.2, -0.15) is 5.10 Å². The molecule has 1 saturated heterocycles. The van der Waals surface area contributed by atoms with Crippen LogP contribution < -0.4 is 10.6 Å². The van der Waals surface area contributed by atoms with Gasteiger partial charge in [-0.25, -0.2) is 0 Å². The van der Waals surface area contributed by atoms with Gasteiger partial charge in [0.15, 0.2) is 0 Å². The van der Waals surface area contributed by atoms with Gasteiger partial charge in [-0.3, -0.25) is 14.7 Å². The largest absolute Gasteiger partial charge is 0.349 e. The normalized spacial score (nSPS) is 21.3. The van der Waals surface area contributed by atoms with E-state index in [2.05, 4.69) is 41.6 Å². The minimum Gasteiger partial charge on any atom is -0.349 e. The Hall–Kier alpha value is -1.50. The first-order valence-corrected chi connectivity index (χ1v) is 8.35. The quantitative estimate of drug-likeness (QED) is 0.783. The molecule has 2 amide bonds. The molecular formula is C15H24N4O2S. The second-order valence-corrected chi connectivity index (χ2v) is 8.74. The molecule has 6 nitrogen and oxygen atoms in total. The third-order valence-electron chi connectivity index (χ3n) is 3.63. The van der Waals surface area contributed by atoms with Gasteiger partial charge in [-0.05, 0) is 19.9 Å². The lowest BCUT2D eigenvalue weighted by molar-refractivity contribution is -0.129. The van der Waals surface area contributed by atoms with Gasteiger partial charge in [0.25, 0.3) is 0 Å². The smallest absolute Gasteiger partial charge is 0.243 e. The molecule has 1 fully saturated rings. The van der Waals surface area contributed by atoms with Crippen molar-refractivity contribution in [3.8, 4) is 0 Å². The monoisotopic (exact) mass is 324 g/mol. The lowest BCUT2D eigenvalue weighted by atomic mass is 9.92. The van der Waals surface area contributed by atoms with E-state index in [-0.39, 0.29) is 17.2 Å². The number of carbonyl (C=O) groups excluding carboxylic acids is 2. The summed E-state index contributed by atoms with van der Waals surface area (Å²) in [5.74, 6) is 0.324. The standard InChI is InChI=1S/C15H24N4O2S/c1-14(2,3)11-6-9(18-19-11)7-16-12(20)10-8-22-15(4,5)13(21)17-10/h6,10H,7-8H2,1-5H3,(H,16,20)(H,17,21)(H,18,19). The van der Waals surface area contributed by atoms with Gasteiger partial charge in [-0.1, -0.05) is 20.8 Å². The molecule has 7 heteroatoms. The van der Waals surface area contributed by atoms with Crippen molar-refractivity contribution in [2.24, 2.45) is 0 Å². The number of H-pyrrole nitrogens is 1. The van der Waals surface area contributed by atoms with Crippen LogP contribution in [-0.4, -0.2) is 38.6 Å². The number of thioether (sulfide) groups is 1. The van der Waals surface area contributed by atoms with Gasteiger partial charge in [0.1, 0.15) is 6.04 Å². The predicted octanol–water partition coefficient (Wildman–Crippen LogP) is 1.33. The molecular weight excluding hydrogens is 300 g/mol. The van der Waals surface area contributed by atoms with Crippen LogP contribution in [0.4, 0.5) is 0 Å². The second-order valence-electron chi connectivity index (χ2n) is 7.09. The van der Waals surface area contributed by atoms with E-state index in [9.17, 15) is 9.59 Å². The average Bonchev–Trinajstić information content (AvgIpc) is 2.88. The Morgan fingerprint density at radius 1 is 1.50 bits per heavy atom. The molecule has 1 aliphatic rings. The minimum absolute atomic E-state index is 0.0294. The summed E-state index contributed by atoms with van der Waals surface area (Å²) in [6, 6.07) is 1.48. The third-order valence-corrected chi connectivity index (χ3v) is 5.04. The molecule has 3 N–H and O–H groups in total. The second kappa shape index (κ2) is 5.95. The first-order chi connectivity index (χ1) is 10.1. The number of nitrogens with zero attached hydrogens (tertiary/aromatic N) is 1. The Morgan fingerprint density at radius 3 is 2.73 bits per heavy atom. The first kappa shape index (κ1) is 16.9. The Labute approximate surface area is 135 Å². The molecule has 1 atom stereocenters. The zero-order valence-corrected chi connectivity index (χ0v) is 14.6. The molecule has 1 aromatic rings. The molecule has 0 saturated carbocycles. The highest BCUT2D eigenvalue weighted by Crippen LogP contribution is 2.29. The van der Waals surface area contributed by atoms with Crippen molar-refractivity contribution >= 4 is 23.6 Å². The molecule has 22 heavy (non-hydrogen) atoms. The van der Waals surface area contributed by atoms with Crippen LogP contribution in [0.2, 0.25) is 0 Å². The molecule has 0 spiro atoms. The van der Waals surface area contributed by atoms with E-state index in [1.54, 1.807) is 0 Å². The summed E-state index contributed by atoms with van der Waals surface area (Å²) < 4.78 is -0.470. The average molecular weight is 324 g/mol. The van der Waals surface area contributed by atoms with Gasteiger partial charge >= 0.3 is 0 Å². The molecule has 0 aliphatic carbocycles. The molecule has 122 valence electrons. The summed E-state index contributed by atoms with van der Waals surface area (Å²) in [4.78, 5) is 24.0. The van der Waals surface area contributed by atoms with Crippen LogP contribution in [0.3, 0.4) is 0 Å². The number of carbonyl (C=O) groups is 2. The van der Waals surface area contributed by atoms with E-state index >= 15 is 0 Å².